The van der Waals surface area contributed by atoms with Crippen molar-refractivity contribution in [2.24, 2.45) is 5.92 Å². The third kappa shape index (κ3) is 4.73. The summed E-state index contributed by atoms with van der Waals surface area (Å²) in [6, 6.07) is 0.0828. The van der Waals surface area contributed by atoms with Crippen LogP contribution in [0.15, 0.2) is 0 Å². The van der Waals surface area contributed by atoms with E-state index in [9.17, 15) is 9.59 Å². The van der Waals surface area contributed by atoms with Crippen molar-refractivity contribution in [1.29, 1.82) is 0 Å². The molecule has 5 heteroatoms. The van der Waals surface area contributed by atoms with Gasteiger partial charge in [-0.25, -0.2) is 4.79 Å². The average molecular weight is 270 g/mol. The van der Waals surface area contributed by atoms with E-state index >= 15 is 0 Å². The van der Waals surface area contributed by atoms with Crippen LogP contribution in [-0.4, -0.2) is 40.6 Å². The molecule has 0 aromatic carbocycles. The molecule has 1 aliphatic rings. The largest absolute Gasteiger partial charge is 0.481 e. The summed E-state index contributed by atoms with van der Waals surface area (Å²) >= 11 is 0. The molecule has 1 rings (SSSR count). The Balaban J connectivity index is 2.59. The van der Waals surface area contributed by atoms with Crippen LogP contribution in [0.3, 0.4) is 0 Å². The SMILES string of the molecule is CC1CCCCC1N(C)C(=O)NC(C)(C)CC(=O)O. The highest BCUT2D eigenvalue weighted by Gasteiger charge is 2.31. The Labute approximate surface area is 115 Å². The number of aliphatic carboxylic acids is 1. The van der Waals surface area contributed by atoms with Crippen LogP contribution < -0.4 is 5.32 Å². The summed E-state index contributed by atoms with van der Waals surface area (Å²) in [7, 11) is 1.80. The van der Waals surface area contributed by atoms with Crippen LogP contribution in [-0.2, 0) is 4.79 Å². The minimum absolute atomic E-state index is 0.0766. The molecule has 2 atom stereocenters. The predicted octanol–water partition coefficient (Wildman–Crippen LogP) is 2.46. The van der Waals surface area contributed by atoms with Gasteiger partial charge in [0.1, 0.15) is 0 Å². The molecule has 2 amide bonds. The summed E-state index contributed by atoms with van der Waals surface area (Å²) in [5.74, 6) is -0.397. The number of carbonyl (C=O) groups excluding carboxylic acids is 1. The van der Waals surface area contributed by atoms with E-state index in [1.807, 2.05) is 0 Å². The second-order valence-corrected chi connectivity index (χ2v) is 6.32. The average Bonchev–Trinajstić information content (AvgIpc) is 2.26. The van der Waals surface area contributed by atoms with Gasteiger partial charge < -0.3 is 15.3 Å². The second kappa shape index (κ2) is 6.26. The quantitative estimate of drug-likeness (QED) is 0.824. The number of carboxylic acid groups (broad SMARTS) is 1. The summed E-state index contributed by atoms with van der Waals surface area (Å²) in [6.45, 7) is 5.64. The molecule has 1 saturated carbocycles. The highest BCUT2D eigenvalue weighted by molar-refractivity contribution is 5.76. The number of amides is 2. The van der Waals surface area contributed by atoms with Crippen LogP contribution >= 0.6 is 0 Å². The van der Waals surface area contributed by atoms with Crippen LogP contribution in [0.25, 0.3) is 0 Å². The molecule has 1 fully saturated rings. The summed E-state index contributed by atoms with van der Waals surface area (Å²) in [4.78, 5) is 24.7. The van der Waals surface area contributed by atoms with E-state index in [0.717, 1.165) is 19.3 Å². The van der Waals surface area contributed by atoms with Crippen molar-refractivity contribution < 1.29 is 14.7 Å². The molecule has 19 heavy (non-hydrogen) atoms. The fraction of sp³-hybridized carbons (Fsp3) is 0.857. The Morgan fingerprint density at radius 2 is 1.89 bits per heavy atom. The van der Waals surface area contributed by atoms with Gasteiger partial charge in [-0.15, -0.1) is 0 Å². The van der Waals surface area contributed by atoms with Crippen LogP contribution in [0.1, 0.15) is 52.9 Å². The van der Waals surface area contributed by atoms with Gasteiger partial charge in [-0.3, -0.25) is 4.79 Å². The number of hydrogen-bond acceptors (Lipinski definition) is 2. The first kappa shape index (κ1) is 15.8. The van der Waals surface area contributed by atoms with Crippen LogP contribution in [0.2, 0.25) is 0 Å². The van der Waals surface area contributed by atoms with Gasteiger partial charge in [0.2, 0.25) is 0 Å². The van der Waals surface area contributed by atoms with Crippen LogP contribution in [0, 0.1) is 5.92 Å². The van der Waals surface area contributed by atoms with Gasteiger partial charge in [0.25, 0.3) is 0 Å². The first-order valence-electron chi connectivity index (χ1n) is 7.00. The van der Waals surface area contributed by atoms with Crippen molar-refractivity contribution in [3.05, 3.63) is 0 Å². The highest BCUT2D eigenvalue weighted by Crippen LogP contribution is 2.27. The van der Waals surface area contributed by atoms with Gasteiger partial charge in [0, 0.05) is 18.6 Å². The Morgan fingerprint density at radius 3 is 2.42 bits per heavy atom. The number of carbonyl (C=O) groups is 2. The van der Waals surface area contributed by atoms with Crippen molar-refractivity contribution in [3.8, 4) is 0 Å². The lowest BCUT2D eigenvalue weighted by molar-refractivity contribution is -0.138. The molecule has 0 bridgehead atoms. The molecule has 5 nitrogen and oxygen atoms in total. The van der Waals surface area contributed by atoms with E-state index in [4.69, 9.17) is 5.11 Å². The van der Waals surface area contributed by atoms with E-state index < -0.39 is 11.5 Å². The lowest BCUT2D eigenvalue weighted by Gasteiger charge is -2.38. The smallest absolute Gasteiger partial charge is 0.317 e. The zero-order chi connectivity index (χ0) is 14.6. The summed E-state index contributed by atoms with van der Waals surface area (Å²) in [5, 5.41) is 11.6. The van der Waals surface area contributed by atoms with Gasteiger partial charge in [0.15, 0.2) is 0 Å². The number of carboxylic acids is 1. The fourth-order valence-electron chi connectivity index (χ4n) is 2.82. The van der Waals surface area contributed by atoms with E-state index in [1.54, 1.807) is 25.8 Å². The van der Waals surface area contributed by atoms with Crippen molar-refractivity contribution in [3.63, 3.8) is 0 Å². The van der Waals surface area contributed by atoms with E-state index in [2.05, 4.69) is 12.2 Å². The normalized spacial score (nSPS) is 23.8. The monoisotopic (exact) mass is 270 g/mol. The predicted molar refractivity (Wildman–Crippen MR) is 74.0 cm³/mol. The number of rotatable bonds is 4. The van der Waals surface area contributed by atoms with Crippen LogP contribution in [0.4, 0.5) is 4.79 Å². The maximum Gasteiger partial charge on any atom is 0.317 e. The first-order valence-corrected chi connectivity index (χ1v) is 7.00. The zero-order valence-corrected chi connectivity index (χ0v) is 12.4. The molecule has 110 valence electrons. The maximum absolute atomic E-state index is 12.2. The Kier molecular flexibility index (Phi) is 5.20. The lowest BCUT2D eigenvalue weighted by Crippen LogP contribution is -2.54. The van der Waals surface area contributed by atoms with Gasteiger partial charge in [0.05, 0.1) is 6.42 Å². The van der Waals surface area contributed by atoms with E-state index in [0.29, 0.717) is 5.92 Å². The minimum Gasteiger partial charge on any atom is -0.481 e. The molecular formula is C14H26N2O3. The molecule has 2 N–H and O–H groups in total. The van der Waals surface area contributed by atoms with Crippen molar-refractivity contribution in [1.82, 2.24) is 10.2 Å². The Bertz CT molecular complexity index is 342. The van der Waals surface area contributed by atoms with Gasteiger partial charge >= 0.3 is 12.0 Å². The first-order chi connectivity index (χ1) is 8.73. The van der Waals surface area contributed by atoms with Gasteiger partial charge in [-0.2, -0.15) is 0 Å². The number of hydrogen-bond donors (Lipinski definition) is 2. The third-order valence-electron chi connectivity index (χ3n) is 3.92. The van der Waals surface area contributed by atoms with Crippen molar-refractivity contribution in [2.45, 2.75) is 64.5 Å². The molecule has 0 aromatic rings. The molecule has 1 aliphatic carbocycles. The third-order valence-corrected chi connectivity index (χ3v) is 3.92. The lowest BCUT2D eigenvalue weighted by atomic mass is 9.85. The van der Waals surface area contributed by atoms with E-state index in [1.165, 1.54) is 6.42 Å². The standard InChI is InChI=1S/C14H26N2O3/c1-10-7-5-6-8-11(10)16(4)13(19)15-14(2,3)9-12(17)18/h10-11H,5-9H2,1-4H3,(H,15,19)(H,17,18). The Hall–Kier alpha value is -1.26. The van der Waals surface area contributed by atoms with Crippen molar-refractivity contribution >= 4 is 12.0 Å². The maximum atomic E-state index is 12.2. The Morgan fingerprint density at radius 1 is 1.32 bits per heavy atom. The summed E-state index contributed by atoms with van der Waals surface area (Å²) < 4.78 is 0. The van der Waals surface area contributed by atoms with E-state index in [-0.39, 0.29) is 18.5 Å². The molecular weight excluding hydrogens is 244 g/mol. The van der Waals surface area contributed by atoms with Crippen LogP contribution in [0.5, 0.6) is 0 Å². The fourth-order valence-corrected chi connectivity index (χ4v) is 2.82. The van der Waals surface area contributed by atoms with Gasteiger partial charge in [-0.05, 0) is 32.6 Å². The highest BCUT2D eigenvalue weighted by atomic mass is 16.4. The minimum atomic E-state index is -0.904. The molecule has 0 saturated heterocycles. The van der Waals surface area contributed by atoms with Crippen molar-refractivity contribution in [2.75, 3.05) is 7.05 Å². The number of urea groups is 1. The topological polar surface area (TPSA) is 69.6 Å². The molecule has 0 heterocycles. The molecule has 0 aliphatic heterocycles. The molecule has 0 spiro atoms. The zero-order valence-electron chi connectivity index (χ0n) is 12.4. The molecule has 2 unspecified atom stereocenters. The second-order valence-electron chi connectivity index (χ2n) is 6.32. The van der Waals surface area contributed by atoms with Gasteiger partial charge in [-0.1, -0.05) is 19.8 Å². The molecule has 0 radical (unpaired) electrons. The summed E-state index contributed by atoms with van der Waals surface area (Å²) in [6.07, 6.45) is 4.50. The molecule has 0 aromatic heterocycles. The summed E-state index contributed by atoms with van der Waals surface area (Å²) in [5.41, 5.74) is -0.727. The number of nitrogens with zero attached hydrogens (tertiary/aromatic N) is 1. The number of nitrogens with one attached hydrogen (secondary N) is 1.